The maximum absolute atomic E-state index is 4.59. The van der Waals surface area contributed by atoms with E-state index in [-0.39, 0.29) is 0 Å². The average Bonchev–Trinajstić information content (AvgIpc) is 2.35. The van der Waals surface area contributed by atoms with E-state index in [1.54, 1.807) is 0 Å². The van der Waals surface area contributed by atoms with Gasteiger partial charge in [-0.3, -0.25) is 4.98 Å². The van der Waals surface area contributed by atoms with Gasteiger partial charge in [0.05, 0.1) is 22.9 Å². The maximum atomic E-state index is 4.59. The Bertz CT molecular complexity index is 510. The molecule has 1 N–H and O–H groups in total. The second-order valence-electron chi connectivity index (χ2n) is 4.89. The lowest BCUT2D eigenvalue weighted by Gasteiger charge is -2.18. The van der Waals surface area contributed by atoms with Crippen LogP contribution < -0.4 is 5.32 Å². The Morgan fingerprint density at radius 2 is 1.94 bits per heavy atom. The standard InChI is InChI=1S/C14H20N4/c1-11(10-18(2)3)15-8-12-9-16-13-6-4-5-7-14(13)17-12/h4-7,9,11,15H,8,10H2,1-3H3. The molecule has 0 aliphatic rings. The van der Waals surface area contributed by atoms with Crippen LogP contribution in [0.25, 0.3) is 11.0 Å². The van der Waals surface area contributed by atoms with Crippen LogP contribution in [0.4, 0.5) is 0 Å². The lowest BCUT2D eigenvalue weighted by atomic mass is 10.3. The normalized spacial score (nSPS) is 13.1. The highest BCUT2D eigenvalue weighted by Crippen LogP contribution is 2.08. The number of likely N-dealkylation sites (N-methyl/N-ethyl adjacent to an activating group) is 1. The Morgan fingerprint density at radius 3 is 2.67 bits per heavy atom. The van der Waals surface area contributed by atoms with Crippen molar-refractivity contribution < 1.29 is 0 Å². The molecule has 96 valence electrons. The molecule has 0 aliphatic carbocycles. The van der Waals surface area contributed by atoms with Crippen LogP contribution in [0.5, 0.6) is 0 Å². The summed E-state index contributed by atoms with van der Waals surface area (Å²) in [5, 5.41) is 3.45. The molecule has 1 atom stereocenters. The number of benzene rings is 1. The molecule has 0 bridgehead atoms. The van der Waals surface area contributed by atoms with Gasteiger partial charge in [-0.15, -0.1) is 0 Å². The first kappa shape index (κ1) is 12.9. The van der Waals surface area contributed by atoms with Gasteiger partial charge in [-0.05, 0) is 33.2 Å². The average molecular weight is 244 g/mol. The fraction of sp³-hybridized carbons (Fsp3) is 0.429. The fourth-order valence-corrected chi connectivity index (χ4v) is 1.97. The van der Waals surface area contributed by atoms with Crippen molar-refractivity contribution in [3.63, 3.8) is 0 Å². The van der Waals surface area contributed by atoms with E-state index in [2.05, 4.69) is 41.2 Å². The van der Waals surface area contributed by atoms with Gasteiger partial charge < -0.3 is 10.2 Å². The molecule has 1 unspecified atom stereocenters. The largest absolute Gasteiger partial charge is 0.308 e. The van der Waals surface area contributed by atoms with Gasteiger partial charge in [0.2, 0.25) is 0 Å². The highest BCUT2D eigenvalue weighted by Gasteiger charge is 2.04. The minimum Gasteiger partial charge on any atom is -0.308 e. The van der Waals surface area contributed by atoms with Gasteiger partial charge in [0.25, 0.3) is 0 Å². The zero-order chi connectivity index (χ0) is 13.0. The van der Waals surface area contributed by atoms with Crippen LogP contribution in [-0.4, -0.2) is 41.5 Å². The second kappa shape index (κ2) is 5.89. The van der Waals surface area contributed by atoms with Gasteiger partial charge in [-0.25, -0.2) is 4.98 Å². The van der Waals surface area contributed by atoms with E-state index in [4.69, 9.17) is 0 Å². The van der Waals surface area contributed by atoms with Crippen molar-refractivity contribution >= 4 is 11.0 Å². The summed E-state index contributed by atoms with van der Waals surface area (Å²) in [7, 11) is 4.15. The minimum atomic E-state index is 0.438. The van der Waals surface area contributed by atoms with E-state index in [1.807, 2.05) is 30.5 Å². The molecular weight excluding hydrogens is 224 g/mol. The summed E-state index contributed by atoms with van der Waals surface area (Å²) in [6.45, 7) is 3.95. The molecule has 1 aromatic heterocycles. The Balaban J connectivity index is 1.99. The predicted octanol–water partition coefficient (Wildman–Crippen LogP) is 1.67. The number of para-hydroxylation sites is 2. The van der Waals surface area contributed by atoms with Crippen molar-refractivity contribution in [3.05, 3.63) is 36.2 Å². The van der Waals surface area contributed by atoms with E-state index < -0.39 is 0 Å². The third kappa shape index (κ3) is 3.48. The summed E-state index contributed by atoms with van der Waals surface area (Å²) in [4.78, 5) is 11.2. The van der Waals surface area contributed by atoms with Gasteiger partial charge in [-0.2, -0.15) is 0 Å². The van der Waals surface area contributed by atoms with Crippen LogP contribution in [-0.2, 0) is 6.54 Å². The number of rotatable bonds is 5. The quantitative estimate of drug-likeness (QED) is 0.868. The Labute approximate surface area is 108 Å². The van der Waals surface area contributed by atoms with Crippen LogP contribution in [0.3, 0.4) is 0 Å². The Hall–Kier alpha value is -1.52. The molecule has 0 saturated carbocycles. The van der Waals surface area contributed by atoms with Crippen LogP contribution in [0.15, 0.2) is 30.5 Å². The topological polar surface area (TPSA) is 41.0 Å². The van der Waals surface area contributed by atoms with Crippen molar-refractivity contribution in [1.82, 2.24) is 20.2 Å². The third-order valence-electron chi connectivity index (χ3n) is 2.77. The summed E-state index contributed by atoms with van der Waals surface area (Å²) in [5.74, 6) is 0. The zero-order valence-electron chi connectivity index (χ0n) is 11.2. The van der Waals surface area contributed by atoms with Gasteiger partial charge in [0.15, 0.2) is 0 Å². The number of fused-ring (bicyclic) bond motifs is 1. The van der Waals surface area contributed by atoms with Gasteiger partial charge in [0.1, 0.15) is 0 Å². The van der Waals surface area contributed by atoms with E-state index in [0.29, 0.717) is 6.04 Å². The Kier molecular flexibility index (Phi) is 4.23. The second-order valence-corrected chi connectivity index (χ2v) is 4.89. The predicted molar refractivity (Wildman–Crippen MR) is 74.4 cm³/mol. The van der Waals surface area contributed by atoms with E-state index >= 15 is 0 Å². The smallest absolute Gasteiger partial charge is 0.0890 e. The first-order valence-electron chi connectivity index (χ1n) is 6.24. The minimum absolute atomic E-state index is 0.438. The summed E-state index contributed by atoms with van der Waals surface area (Å²) in [6, 6.07) is 8.38. The summed E-state index contributed by atoms with van der Waals surface area (Å²) >= 11 is 0. The number of nitrogens with one attached hydrogen (secondary N) is 1. The maximum Gasteiger partial charge on any atom is 0.0890 e. The van der Waals surface area contributed by atoms with Crippen molar-refractivity contribution in [2.45, 2.75) is 19.5 Å². The molecule has 4 heteroatoms. The number of aromatic nitrogens is 2. The molecule has 0 radical (unpaired) electrons. The molecule has 0 saturated heterocycles. The highest BCUT2D eigenvalue weighted by atomic mass is 15.1. The number of hydrogen-bond donors (Lipinski definition) is 1. The van der Waals surface area contributed by atoms with Crippen molar-refractivity contribution in [2.24, 2.45) is 0 Å². The molecule has 0 amide bonds. The fourth-order valence-electron chi connectivity index (χ4n) is 1.97. The summed E-state index contributed by atoms with van der Waals surface area (Å²) in [6.07, 6.45) is 1.84. The van der Waals surface area contributed by atoms with Gasteiger partial charge in [0, 0.05) is 19.1 Å². The van der Waals surface area contributed by atoms with E-state index in [0.717, 1.165) is 29.8 Å². The molecule has 1 aromatic carbocycles. The third-order valence-corrected chi connectivity index (χ3v) is 2.77. The lowest BCUT2D eigenvalue weighted by Crippen LogP contribution is -2.35. The Morgan fingerprint density at radius 1 is 1.22 bits per heavy atom. The van der Waals surface area contributed by atoms with Crippen LogP contribution in [0, 0.1) is 0 Å². The van der Waals surface area contributed by atoms with E-state index in [1.165, 1.54) is 0 Å². The molecule has 0 fully saturated rings. The van der Waals surface area contributed by atoms with Crippen molar-refractivity contribution in [3.8, 4) is 0 Å². The SMILES string of the molecule is CC(CN(C)C)NCc1cnc2ccccc2n1. The summed E-state index contributed by atoms with van der Waals surface area (Å²) in [5.41, 5.74) is 2.89. The molecule has 18 heavy (non-hydrogen) atoms. The molecule has 0 aliphatic heterocycles. The van der Waals surface area contributed by atoms with Gasteiger partial charge in [-0.1, -0.05) is 12.1 Å². The zero-order valence-corrected chi connectivity index (χ0v) is 11.2. The van der Waals surface area contributed by atoms with Gasteiger partial charge >= 0.3 is 0 Å². The molecule has 2 aromatic rings. The summed E-state index contributed by atoms with van der Waals surface area (Å²) < 4.78 is 0. The molecular formula is C14H20N4. The lowest BCUT2D eigenvalue weighted by molar-refractivity contribution is 0.348. The number of nitrogens with zero attached hydrogens (tertiary/aromatic N) is 3. The van der Waals surface area contributed by atoms with Crippen molar-refractivity contribution in [1.29, 1.82) is 0 Å². The van der Waals surface area contributed by atoms with Crippen LogP contribution in [0.1, 0.15) is 12.6 Å². The molecule has 0 spiro atoms. The van der Waals surface area contributed by atoms with Crippen LogP contribution in [0.2, 0.25) is 0 Å². The monoisotopic (exact) mass is 244 g/mol. The highest BCUT2D eigenvalue weighted by molar-refractivity contribution is 5.73. The first-order chi connectivity index (χ1) is 8.65. The van der Waals surface area contributed by atoms with E-state index in [9.17, 15) is 0 Å². The first-order valence-corrected chi connectivity index (χ1v) is 6.24. The molecule has 1 heterocycles. The van der Waals surface area contributed by atoms with Crippen LogP contribution >= 0.6 is 0 Å². The molecule has 2 rings (SSSR count). The van der Waals surface area contributed by atoms with Crippen molar-refractivity contribution in [2.75, 3.05) is 20.6 Å². The number of hydrogen-bond acceptors (Lipinski definition) is 4. The molecule has 4 nitrogen and oxygen atoms in total.